The third-order valence-corrected chi connectivity index (χ3v) is 7.85. The second kappa shape index (κ2) is 7.77. The molecule has 6 heteroatoms. The Morgan fingerprint density at radius 3 is 2.58 bits per heavy atom. The topological polar surface area (TPSA) is 71.2 Å². The first-order chi connectivity index (χ1) is 15.0. The molecule has 1 amide bonds. The molecule has 2 heterocycles. The highest BCUT2D eigenvalue weighted by Crippen LogP contribution is 2.55. The average molecular weight is 433 g/mol. The minimum Gasteiger partial charge on any atom is -0.397 e. The van der Waals surface area contributed by atoms with Crippen LogP contribution in [0.15, 0.2) is 48.5 Å². The van der Waals surface area contributed by atoms with E-state index in [4.69, 9.17) is 10.7 Å². The van der Waals surface area contributed by atoms with E-state index in [0.717, 1.165) is 32.4 Å². The predicted octanol–water partition coefficient (Wildman–Crippen LogP) is 4.82. The van der Waals surface area contributed by atoms with E-state index in [9.17, 15) is 4.79 Å². The highest BCUT2D eigenvalue weighted by Gasteiger charge is 2.49. The van der Waals surface area contributed by atoms with Crippen molar-refractivity contribution in [3.63, 3.8) is 0 Å². The molecule has 2 aliphatic rings. The lowest BCUT2D eigenvalue weighted by molar-refractivity contribution is 0.102. The highest BCUT2D eigenvalue weighted by atomic mass is 32.1. The second-order valence-corrected chi connectivity index (χ2v) is 9.99. The standard InChI is InChI=1S/C25H28N4OS/c1-16(2)29-14-11-21-22(15-29)31-24(28-21)25(12-13-25)18-9-7-17(8-10-18)23(30)27-20-6-4-3-5-19(20)26/h3-10,16H,11-15,26H2,1-2H3,(H,27,30). The summed E-state index contributed by atoms with van der Waals surface area (Å²) in [6, 6.07) is 15.9. The molecule has 3 N–H and O–H groups in total. The van der Waals surface area contributed by atoms with Gasteiger partial charge in [0, 0.05) is 41.4 Å². The number of thiazole rings is 1. The summed E-state index contributed by atoms with van der Waals surface area (Å²) in [5.74, 6) is -0.146. The smallest absolute Gasteiger partial charge is 0.255 e. The molecular weight excluding hydrogens is 404 g/mol. The number of nitrogen functional groups attached to an aromatic ring is 1. The second-order valence-electron chi connectivity index (χ2n) is 8.90. The summed E-state index contributed by atoms with van der Waals surface area (Å²) in [7, 11) is 0. The number of nitrogens with one attached hydrogen (secondary N) is 1. The summed E-state index contributed by atoms with van der Waals surface area (Å²) in [6.45, 7) is 6.64. The maximum Gasteiger partial charge on any atom is 0.255 e. The molecule has 5 rings (SSSR count). The van der Waals surface area contributed by atoms with Crippen molar-refractivity contribution < 1.29 is 4.79 Å². The third-order valence-electron chi connectivity index (χ3n) is 6.56. The van der Waals surface area contributed by atoms with E-state index in [0.29, 0.717) is 23.0 Å². The van der Waals surface area contributed by atoms with Gasteiger partial charge in [0.1, 0.15) is 5.01 Å². The van der Waals surface area contributed by atoms with E-state index in [2.05, 4.69) is 36.2 Å². The van der Waals surface area contributed by atoms with E-state index in [1.54, 1.807) is 6.07 Å². The minimum atomic E-state index is -0.146. The fourth-order valence-corrected chi connectivity index (χ4v) is 5.76. The van der Waals surface area contributed by atoms with Gasteiger partial charge in [0.15, 0.2) is 0 Å². The van der Waals surface area contributed by atoms with E-state index in [1.165, 1.54) is 21.1 Å². The number of carbonyl (C=O) groups is 1. The van der Waals surface area contributed by atoms with Crippen molar-refractivity contribution in [2.24, 2.45) is 0 Å². The quantitative estimate of drug-likeness (QED) is 0.567. The zero-order valence-corrected chi connectivity index (χ0v) is 18.8. The van der Waals surface area contributed by atoms with Crippen LogP contribution in [0.1, 0.15) is 58.2 Å². The van der Waals surface area contributed by atoms with E-state index in [1.807, 2.05) is 41.7 Å². The first kappa shape index (κ1) is 20.2. The Morgan fingerprint density at radius 2 is 1.90 bits per heavy atom. The molecule has 1 fully saturated rings. The molecule has 1 saturated carbocycles. The SMILES string of the molecule is CC(C)N1CCc2nc(C3(c4ccc(C(=O)Nc5ccccc5N)cc4)CC3)sc2C1. The molecular formula is C25H28N4OS. The summed E-state index contributed by atoms with van der Waals surface area (Å²) in [5.41, 5.74) is 10.4. The number of hydrogen-bond acceptors (Lipinski definition) is 5. The van der Waals surface area contributed by atoms with E-state index >= 15 is 0 Å². The van der Waals surface area contributed by atoms with Crippen LogP contribution in [-0.4, -0.2) is 28.4 Å². The van der Waals surface area contributed by atoms with Crippen molar-refractivity contribution >= 4 is 28.6 Å². The Morgan fingerprint density at radius 1 is 1.16 bits per heavy atom. The fraction of sp³-hybridized carbons (Fsp3) is 0.360. The number of para-hydroxylation sites is 2. The Labute approximate surface area is 187 Å². The summed E-state index contributed by atoms with van der Waals surface area (Å²) < 4.78 is 0. The monoisotopic (exact) mass is 432 g/mol. The van der Waals surface area contributed by atoms with Gasteiger partial charge >= 0.3 is 0 Å². The zero-order chi connectivity index (χ0) is 21.6. The number of aromatic nitrogens is 1. The zero-order valence-electron chi connectivity index (χ0n) is 18.0. The third kappa shape index (κ3) is 3.75. The molecule has 0 radical (unpaired) electrons. The number of rotatable bonds is 5. The molecule has 0 spiro atoms. The molecule has 160 valence electrons. The van der Waals surface area contributed by atoms with Crippen molar-refractivity contribution in [1.82, 2.24) is 9.88 Å². The van der Waals surface area contributed by atoms with Crippen molar-refractivity contribution in [2.45, 2.75) is 51.1 Å². The van der Waals surface area contributed by atoms with Crippen LogP contribution in [0.2, 0.25) is 0 Å². The molecule has 3 aromatic rings. The summed E-state index contributed by atoms with van der Waals surface area (Å²) in [6.07, 6.45) is 3.29. The van der Waals surface area contributed by atoms with Gasteiger partial charge in [-0.2, -0.15) is 0 Å². The number of amides is 1. The van der Waals surface area contributed by atoms with Crippen LogP contribution in [0.5, 0.6) is 0 Å². The van der Waals surface area contributed by atoms with Gasteiger partial charge in [0.2, 0.25) is 0 Å². The van der Waals surface area contributed by atoms with Crippen LogP contribution in [0, 0.1) is 0 Å². The molecule has 5 nitrogen and oxygen atoms in total. The number of hydrogen-bond donors (Lipinski definition) is 2. The van der Waals surface area contributed by atoms with Crippen LogP contribution in [0.3, 0.4) is 0 Å². The van der Waals surface area contributed by atoms with Gasteiger partial charge in [-0.3, -0.25) is 9.69 Å². The Balaban J connectivity index is 1.34. The lowest BCUT2D eigenvalue weighted by atomic mass is 9.95. The Hall–Kier alpha value is -2.70. The molecule has 31 heavy (non-hydrogen) atoms. The summed E-state index contributed by atoms with van der Waals surface area (Å²) >= 11 is 1.89. The van der Waals surface area contributed by atoms with E-state index < -0.39 is 0 Å². The van der Waals surface area contributed by atoms with Crippen LogP contribution >= 0.6 is 11.3 Å². The van der Waals surface area contributed by atoms with Crippen LogP contribution in [0.4, 0.5) is 11.4 Å². The maximum absolute atomic E-state index is 12.6. The van der Waals surface area contributed by atoms with Gasteiger partial charge < -0.3 is 11.1 Å². The largest absolute Gasteiger partial charge is 0.397 e. The normalized spacial score (nSPS) is 17.4. The van der Waals surface area contributed by atoms with Crippen molar-refractivity contribution in [3.8, 4) is 0 Å². The number of carbonyl (C=O) groups excluding carboxylic acids is 1. The average Bonchev–Trinajstić information content (AvgIpc) is 3.47. The van der Waals surface area contributed by atoms with Crippen molar-refractivity contribution in [2.75, 3.05) is 17.6 Å². The Bertz CT molecular complexity index is 1110. The first-order valence-corrected chi connectivity index (χ1v) is 11.8. The van der Waals surface area contributed by atoms with E-state index in [-0.39, 0.29) is 11.3 Å². The van der Waals surface area contributed by atoms with Gasteiger partial charge in [-0.05, 0) is 56.5 Å². The number of anilines is 2. The molecule has 0 saturated heterocycles. The molecule has 1 aromatic heterocycles. The minimum absolute atomic E-state index is 0.0313. The van der Waals surface area contributed by atoms with Crippen molar-refractivity contribution in [3.05, 3.63) is 75.2 Å². The van der Waals surface area contributed by atoms with Crippen molar-refractivity contribution in [1.29, 1.82) is 0 Å². The van der Waals surface area contributed by atoms with Crippen LogP contribution in [0.25, 0.3) is 0 Å². The van der Waals surface area contributed by atoms with Gasteiger partial charge in [0.25, 0.3) is 5.91 Å². The summed E-state index contributed by atoms with van der Waals surface area (Å²) in [4.78, 5) is 21.7. The molecule has 0 bridgehead atoms. The molecule has 1 aliphatic carbocycles. The molecule has 1 aliphatic heterocycles. The maximum atomic E-state index is 12.6. The number of fused-ring (bicyclic) bond motifs is 1. The predicted molar refractivity (Wildman–Crippen MR) is 127 cm³/mol. The fourth-order valence-electron chi connectivity index (χ4n) is 4.36. The Kier molecular flexibility index (Phi) is 5.07. The number of nitrogens with two attached hydrogens (primary N) is 1. The number of benzene rings is 2. The highest BCUT2D eigenvalue weighted by molar-refractivity contribution is 7.12. The lowest BCUT2D eigenvalue weighted by Gasteiger charge is -2.29. The molecule has 2 aromatic carbocycles. The van der Waals surface area contributed by atoms with Gasteiger partial charge in [-0.25, -0.2) is 4.98 Å². The first-order valence-electron chi connectivity index (χ1n) is 11.0. The van der Waals surface area contributed by atoms with Gasteiger partial charge in [-0.15, -0.1) is 11.3 Å². The van der Waals surface area contributed by atoms with Gasteiger partial charge in [0.05, 0.1) is 17.1 Å². The van der Waals surface area contributed by atoms with Crippen LogP contribution in [-0.2, 0) is 18.4 Å². The van der Waals surface area contributed by atoms with Crippen LogP contribution < -0.4 is 11.1 Å². The number of nitrogens with zero attached hydrogens (tertiary/aromatic N) is 2. The lowest BCUT2D eigenvalue weighted by Crippen LogP contribution is -2.35. The molecule has 0 atom stereocenters. The van der Waals surface area contributed by atoms with Gasteiger partial charge in [-0.1, -0.05) is 24.3 Å². The molecule has 0 unspecified atom stereocenters. The summed E-state index contributed by atoms with van der Waals surface area (Å²) in [5, 5.41) is 4.15.